The van der Waals surface area contributed by atoms with E-state index in [9.17, 15) is 4.79 Å². The number of nitrogens with zero attached hydrogens (tertiary/aromatic N) is 4. The van der Waals surface area contributed by atoms with Gasteiger partial charge in [0.15, 0.2) is 11.5 Å². The van der Waals surface area contributed by atoms with Crippen LogP contribution in [0.25, 0.3) is 11.3 Å². The van der Waals surface area contributed by atoms with Crippen LogP contribution in [0.3, 0.4) is 0 Å². The molecule has 1 aliphatic heterocycles. The van der Waals surface area contributed by atoms with Gasteiger partial charge in [0.05, 0.1) is 0 Å². The number of rotatable bonds is 3. The maximum Gasteiger partial charge on any atom is 0.276 e. The molecule has 2 aromatic rings. The SMILES string of the molecule is CCN1CCN(C(=O)c2cc(-c3cccnc3)on2)CC1. The summed E-state index contributed by atoms with van der Waals surface area (Å²) < 4.78 is 5.26. The third kappa shape index (κ3) is 2.95. The molecule has 1 saturated heterocycles. The Hall–Kier alpha value is -2.21. The molecule has 3 rings (SSSR count). The van der Waals surface area contributed by atoms with Crippen LogP contribution in [-0.4, -0.2) is 58.6 Å². The first kappa shape index (κ1) is 13.8. The van der Waals surface area contributed by atoms with Crippen LogP contribution in [0.1, 0.15) is 17.4 Å². The Morgan fingerprint density at radius 2 is 2.14 bits per heavy atom. The number of piperazine rings is 1. The van der Waals surface area contributed by atoms with Gasteiger partial charge in [-0.2, -0.15) is 0 Å². The first-order valence-electron chi connectivity index (χ1n) is 7.16. The minimum Gasteiger partial charge on any atom is -0.355 e. The van der Waals surface area contributed by atoms with E-state index in [4.69, 9.17) is 4.52 Å². The smallest absolute Gasteiger partial charge is 0.276 e. The molecule has 0 atom stereocenters. The van der Waals surface area contributed by atoms with E-state index in [1.165, 1.54) is 0 Å². The first-order chi connectivity index (χ1) is 10.3. The Morgan fingerprint density at radius 1 is 1.33 bits per heavy atom. The Labute approximate surface area is 123 Å². The van der Waals surface area contributed by atoms with E-state index in [0.29, 0.717) is 11.5 Å². The van der Waals surface area contributed by atoms with Crippen LogP contribution in [-0.2, 0) is 0 Å². The van der Waals surface area contributed by atoms with Gasteiger partial charge in [-0.3, -0.25) is 9.78 Å². The van der Waals surface area contributed by atoms with E-state index in [1.54, 1.807) is 18.5 Å². The van der Waals surface area contributed by atoms with E-state index < -0.39 is 0 Å². The van der Waals surface area contributed by atoms with Crippen molar-refractivity contribution >= 4 is 5.91 Å². The van der Waals surface area contributed by atoms with Crippen molar-refractivity contribution in [2.45, 2.75) is 6.92 Å². The Bertz CT molecular complexity index is 603. The standard InChI is InChI=1S/C15H18N4O2/c1-2-18-6-8-19(9-7-18)15(20)13-10-14(21-17-13)12-4-3-5-16-11-12/h3-5,10-11H,2,6-9H2,1H3. The molecule has 0 radical (unpaired) electrons. The Morgan fingerprint density at radius 3 is 2.81 bits per heavy atom. The molecule has 0 N–H and O–H groups in total. The molecule has 0 aliphatic carbocycles. The predicted octanol–water partition coefficient (Wildman–Crippen LogP) is 1.51. The highest BCUT2D eigenvalue weighted by Gasteiger charge is 2.24. The normalized spacial score (nSPS) is 16.1. The number of hydrogen-bond acceptors (Lipinski definition) is 5. The molecule has 21 heavy (non-hydrogen) atoms. The third-order valence-corrected chi connectivity index (χ3v) is 3.78. The molecule has 6 nitrogen and oxygen atoms in total. The van der Waals surface area contributed by atoms with Crippen molar-refractivity contribution in [2.75, 3.05) is 32.7 Å². The van der Waals surface area contributed by atoms with E-state index in [-0.39, 0.29) is 5.91 Å². The number of carbonyl (C=O) groups is 1. The van der Waals surface area contributed by atoms with Gasteiger partial charge in [0.25, 0.3) is 5.91 Å². The fourth-order valence-electron chi connectivity index (χ4n) is 2.45. The second kappa shape index (κ2) is 6.05. The van der Waals surface area contributed by atoms with Gasteiger partial charge in [-0.05, 0) is 18.7 Å². The second-order valence-corrected chi connectivity index (χ2v) is 5.04. The average Bonchev–Trinajstić information content (AvgIpc) is 3.05. The van der Waals surface area contributed by atoms with Gasteiger partial charge in [-0.15, -0.1) is 0 Å². The monoisotopic (exact) mass is 286 g/mol. The summed E-state index contributed by atoms with van der Waals surface area (Å²) in [4.78, 5) is 20.6. The maximum absolute atomic E-state index is 12.4. The van der Waals surface area contributed by atoms with Crippen LogP contribution in [0.15, 0.2) is 35.1 Å². The Balaban J connectivity index is 1.70. The van der Waals surface area contributed by atoms with Gasteiger partial charge in [0, 0.05) is 50.2 Å². The van der Waals surface area contributed by atoms with Gasteiger partial charge in [0.2, 0.25) is 0 Å². The predicted molar refractivity (Wildman–Crippen MR) is 77.8 cm³/mol. The van der Waals surface area contributed by atoms with E-state index in [2.05, 4.69) is 22.0 Å². The summed E-state index contributed by atoms with van der Waals surface area (Å²) in [5, 5.41) is 3.90. The molecular formula is C15H18N4O2. The lowest BCUT2D eigenvalue weighted by Gasteiger charge is -2.33. The average molecular weight is 286 g/mol. The molecule has 1 aliphatic rings. The number of pyridine rings is 1. The van der Waals surface area contributed by atoms with Crippen molar-refractivity contribution in [1.29, 1.82) is 0 Å². The zero-order valence-electron chi connectivity index (χ0n) is 12.0. The molecule has 1 fully saturated rings. The fourth-order valence-corrected chi connectivity index (χ4v) is 2.45. The molecule has 2 aromatic heterocycles. The minimum atomic E-state index is -0.0651. The zero-order valence-corrected chi connectivity index (χ0v) is 12.0. The van der Waals surface area contributed by atoms with Gasteiger partial charge >= 0.3 is 0 Å². The van der Waals surface area contributed by atoms with E-state index >= 15 is 0 Å². The summed E-state index contributed by atoms with van der Waals surface area (Å²) in [5.74, 6) is 0.503. The second-order valence-electron chi connectivity index (χ2n) is 5.04. The van der Waals surface area contributed by atoms with Crippen LogP contribution in [0.4, 0.5) is 0 Å². The summed E-state index contributed by atoms with van der Waals surface area (Å²) in [6.07, 6.45) is 3.38. The number of hydrogen-bond donors (Lipinski definition) is 0. The molecule has 3 heterocycles. The molecule has 0 unspecified atom stereocenters. The summed E-state index contributed by atoms with van der Waals surface area (Å²) in [6.45, 7) is 6.46. The zero-order chi connectivity index (χ0) is 14.7. The molecule has 6 heteroatoms. The van der Waals surface area contributed by atoms with Crippen LogP contribution < -0.4 is 0 Å². The number of amides is 1. The van der Waals surface area contributed by atoms with Crippen LogP contribution >= 0.6 is 0 Å². The fraction of sp³-hybridized carbons (Fsp3) is 0.400. The van der Waals surface area contributed by atoms with Gasteiger partial charge in [-0.25, -0.2) is 0 Å². The number of carbonyl (C=O) groups excluding carboxylic acids is 1. The van der Waals surface area contributed by atoms with Gasteiger partial charge < -0.3 is 14.3 Å². The summed E-state index contributed by atoms with van der Waals surface area (Å²) >= 11 is 0. The molecule has 1 amide bonds. The van der Waals surface area contributed by atoms with E-state index in [1.807, 2.05) is 17.0 Å². The summed E-state index contributed by atoms with van der Waals surface area (Å²) in [7, 11) is 0. The maximum atomic E-state index is 12.4. The van der Waals surface area contributed by atoms with Crippen LogP contribution in [0.5, 0.6) is 0 Å². The molecule has 0 saturated carbocycles. The molecule has 0 spiro atoms. The van der Waals surface area contributed by atoms with Crippen molar-refractivity contribution in [2.24, 2.45) is 0 Å². The highest BCUT2D eigenvalue weighted by Crippen LogP contribution is 2.20. The minimum absolute atomic E-state index is 0.0651. The quantitative estimate of drug-likeness (QED) is 0.856. The highest BCUT2D eigenvalue weighted by molar-refractivity contribution is 5.93. The van der Waals surface area contributed by atoms with Crippen molar-refractivity contribution in [3.63, 3.8) is 0 Å². The Kier molecular flexibility index (Phi) is 3.96. The lowest BCUT2D eigenvalue weighted by molar-refractivity contribution is 0.0633. The lowest BCUT2D eigenvalue weighted by Crippen LogP contribution is -2.48. The molecule has 0 aromatic carbocycles. The summed E-state index contributed by atoms with van der Waals surface area (Å²) in [5.41, 5.74) is 1.18. The largest absolute Gasteiger partial charge is 0.355 e. The van der Waals surface area contributed by atoms with Gasteiger partial charge in [-0.1, -0.05) is 12.1 Å². The molecule has 0 bridgehead atoms. The van der Waals surface area contributed by atoms with Crippen molar-refractivity contribution in [3.8, 4) is 11.3 Å². The number of aromatic nitrogens is 2. The lowest BCUT2D eigenvalue weighted by atomic mass is 10.2. The summed E-state index contributed by atoms with van der Waals surface area (Å²) in [6, 6.07) is 5.39. The van der Waals surface area contributed by atoms with Crippen LogP contribution in [0, 0.1) is 0 Å². The topological polar surface area (TPSA) is 62.5 Å². The third-order valence-electron chi connectivity index (χ3n) is 3.78. The van der Waals surface area contributed by atoms with Crippen molar-refractivity contribution in [3.05, 3.63) is 36.3 Å². The molecule has 110 valence electrons. The number of likely N-dealkylation sites (N-methyl/N-ethyl adjacent to an activating group) is 1. The molecular weight excluding hydrogens is 268 g/mol. The first-order valence-corrected chi connectivity index (χ1v) is 7.16. The van der Waals surface area contributed by atoms with Crippen molar-refractivity contribution in [1.82, 2.24) is 19.9 Å². The van der Waals surface area contributed by atoms with E-state index in [0.717, 1.165) is 38.3 Å². The van der Waals surface area contributed by atoms with Crippen LogP contribution in [0.2, 0.25) is 0 Å². The highest BCUT2D eigenvalue weighted by atomic mass is 16.5. The van der Waals surface area contributed by atoms with Gasteiger partial charge in [0.1, 0.15) is 0 Å². The van der Waals surface area contributed by atoms with Crippen molar-refractivity contribution < 1.29 is 9.32 Å².